The normalized spacial score (nSPS) is 16.3. The lowest BCUT2D eigenvalue weighted by Crippen LogP contribution is -2.11. The Morgan fingerprint density at radius 3 is 2.47 bits per heavy atom. The van der Waals surface area contributed by atoms with Crippen LogP contribution in [0.5, 0.6) is 0 Å². The van der Waals surface area contributed by atoms with Crippen molar-refractivity contribution in [2.45, 2.75) is 6.42 Å². The molecule has 0 aromatic heterocycles. The molecule has 5 heteroatoms. The van der Waals surface area contributed by atoms with Crippen molar-refractivity contribution >= 4 is 43.2 Å². The highest BCUT2D eigenvalue weighted by Crippen LogP contribution is 2.25. The van der Waals surface area contributed by atoms with Gasteiger partial charge in [-0.2, -0.15) is 0 Å². The van der Waals surface area contributed by atoms with E-state index in [0.29, 0.717) is 4.47 Å². The van der Waals surface area contributed by atoms with E-state index in [4.69, 9.17) is 0 Å². The Labute approximate surface area is 104 Å². The fraction of sp³-hybridized carbons (Fsp3) is 0.300. The van der Waals surface area contributed by atoms with E-state index in [-0.39, 0.29) is 5.56 Å². The average Bonchev–Trinajstić information content (AvgIpc) is 2.17. The molecule has 1 aromatic rings. The van der Waals surface area contributed by atoms with Crippen molar-refractivity contribution in [2.24, 2.45) is 0 Å². The smallest absolute Gasteiger partial charge is 0.206 e. The summed E-state index contributed by atoms with van der Waals surface area (Å²) in [5.41, 5.74) is 0.132. The summed E-state index contributed by atoms with van der Waals surface area (Å²) in [5, 5.41) is 0. The lowest BCUT2D eigenvalue weighted by atomic mass is 10.2. The lowest BCUT2D eigenvalue weighted by molar-refractivity contribution is 0.579. The zero-order valence-corrected chi connectivity index (χ0v) is 10.9. The van der Waals surface area contributed by atoms with Gasteiger partial charge in [-0.15, -0.1) is 0 Å². The van der Waals surface area contributed by atoms with Crippen LogP contribution in [0.4, 0.5) is 8.78 Å². The molecule has 1 aliphatic heterocycles. The van der Waals surface area contributed by atoms with Crippen LogP contribution in [0.1, 0.15) is 12.0 Å². The van der Waals surface area contributed by atoms with Gasteiger partial charge in [0.2, 0.25) is 0 Å². The predicted molar refractivity (Wildman–Crippen MR) is 67.5 cm³/mol. The molecule has 0 bridgehead atoms. The van der Waals surface area contributed by atoms with Gasteiger partial charge < -0.3 is 0 Å². The Morgan fingerprint density at radius 1 is 1.27 bits per heavy atom. The van der Waals surface area contributed by atoms with Crippen molar-refractivity contribution in [3.05, 3.63) is 33.8 Å². The first-order valence-corrected chi connectivity index (χ1v) is 7.22. The molecule has 0 atom stereocenters. The SMILES string of the molecule is Fc1cc(Br)cc(F)c1C1=[S+]CCCS1. The highest BCUT2D eigenvalue weighted by molar-refractivity contribution is 9.10. The Kier molecular flexibility index (Phi) is 3.74. The van der Waals surface area contributed by atoms with Crippen molar-refractivity contribution in [3.8, 4) is 0 Å². The second-order valence-electron chi connectivity index (χ2n) is 3.08. The Morgan fingerprint density at radius 2 is 1.93 bits per heavy atom. The van der Waals surface area contributed by atoms with Crippen LogP contribution in [0, 0.1) is 11.6 Å². The van der Waals surface area contributed by atoms with Gasteiger partial charge in [0.15, 0.2) is 17.1 Å². The van der Waals surface area contributed by atoms with Gasteiger partial charge in [-0.3, -0.25) is 0 Å². The summed E-state index contributed by atoms with van der Waals surface area (Å²) in [6, 6.07) is 2.61. The van der Waals surface area contributed by atoms with E-state index in [9.17, 15) is 8.78 Å². The second kappa shape index (κ2) is 4.89. The molecule has 0 nitrogen and oxygen atoms in total. The van der Waals surface area contributed by atoms with E-state index in [0.717, 1.165) is 22.1 Å². The van der Waals surface area contributed by atoms with Crippen molar-refractivity contribution in [2.75, 3.05) is 11.5 Å². The maximum Gasteiger partial charge on any atom is 0.270 e. The van der Waals surface area contributed by atoms with Crippen LogP contribution < -0.4 is 0 Å². The summed E-state index contributed by atoms with van der Waals surface area (Å²) in [7, 11) is 0. The van der Waals surface area contributed by atoms with Crippen LogP contribution in [-0.4, -0.2) is 15.7 Å². The van der Waals surface area contributed by atoms with E-state index in [1.165, 1.54) is 35.2 Å². The van der Waals surface area contributed by atoms with Gasteiger partial charge in [0.25, 0.3) is 4.20 Å². The number of hydrogen-bond donors (Lipinski definition) is 0. The summed E-state index contributed by atoms with van der Waals surface area (Å²) in [6.45, 7) is 0. The third kappa shape index (κ3) is 2.57. The summed E-state index contributed by atoms with van der Waals surface area (Å²) in [4.78, 5) is 0. The summed E-state index contributed by atoms with van der Waals surface area (Å²) >= 11 is 6.14. The Hall–Kier alpha value is -0.000000000000000111. The largest absolute Gasteiger partial charge is 0.270 e. The van der Waals surface area contributed by atoms with Crippen LogP contribution in [0.2, 0.25) is 0 Å². The molecule has 80 valence electrons. The fourth-order valence-corrected chi connectivity index (χ4v) is 4.36. The molecule has 0 amide bonds. The topological polar surface area (TPSA) is 0 Å². The third-order valence-corrected chi connectivity index (χ3v) is 5.05. The van der Waals surface area contributed by atoms with Crippen LogP contribution in [0.3, 0.4) is 0 Å². The molecule has 2 rings (SSSR count). The fourth-order valence-electron chi connectivity index (χ4n) is 1.31. The monoisotopic (exact) mass is 309 g/mol. The average molecular weight is 310 g/mol. The number of thioether (sulfide) groups is 1. The molecule has 0 saturated heterocycles. The van der Waals surface area contributed by atoms with Crippen LogP contribution >= 0.6 is 27.7 Å². The van der Waals surface area contributed by atoms with E-state index >= 15 is 0 Å². The van der Waals surface area contributed by atoms with E-state index in [2.05, 4.69) is 15.9 Å². The number of benzene rings is 1. The van der Waals surface area contributed by atoms with Gasteiger partial charge in [-0.05, 0) is 12.1 Å². The molecular formula is C10H8BrF2S2+. The van der Waals surface area contributed by atoms with Gasteiger partial charge in [-0.1, -0.05) is 27.7 Å². The minimum atomic E-state index is -0.487. The highest BCUT2D eigenvalue weighted by Gasteiger charge is 2.26. The molecule has 0 N–H and O–H groups in total. The zero-order valence-electron chi connectivity index (χ0n) is 7.73. The van der Waals surface area contributed by atoms with Gasteiger partial charge in [0, 0.05) is 16.6 Å². The number of halogens is 3. The molecule has 0 aliphatic carbocycles. The molecule has 0 saturated carbocycles. The van der Waals surface area contributed by atoms with Gasteiger partial charge in [0.1, 0.15) is 17.2 Å². The summed E-state index contributed by atoms with van der Waals surface area (Å²) in [6.07, 6.45) is 1.10. The lowest BCUT2D eigenvalue weighted by Gasteiger charge is -2.05. The highest BCUT2D eigenvalue weighted by atomic mass is 79.9. The van der Waals surface area contributed by atoms with E-state index < -0.39 is 11.6 Å². The Balaban J connectivity index is 2.47. The van der Waals surface area contributed by atoms with Crippen molar-refractivity contribution in [3.63, 3.8) is 0 Å². The molecule has 0 radical (unpaired) electrons. The standard InChI is InChI=1S/C10H8BrF2S2/c11-6-4-7(12)9(8(13)5-6)10-14-2-1-3-15-10/h4-5H,1-3H2/q+1. The van der Waals surface area contributed by atoms with E-state index in [1.807, 2.05) is 0 Å². The molecule has 0 fully saturated rings. The summed E-state index contributed by atoms with van der Waals surface area (Å²) in [5.74, 6) is 0.909. The molecule has 1 aliphatic rings. The first-order valence-electron chi connectivity index (χ1n) is 4.46. The molecule has 15 heavy (non-hydrogen) atoms. The number of hydrogen-bond acceptors (Lipinski definition) is 1. The van der Waals surface area contributed by atoms with Gasteiger partial charge in [-0.25, -0.2) is 8.78 Å². The minimum Gasteiger partial charge on any atom is -0.206 e. The molecule has 1 aromatic carbocycles. The van der Waals surface area contributed by atoms with Crippen LogP contribution in [0.15, 0.2) is 16.6 Å². The quantitative estimate of drug-likeness (QED) is 0.566. The Bertz CT molecular complexity index is 395. The number of rotatable bonds is 1. The first kappa shape index (κ1) is 11.5. The van der Waals surface area contributed by atoms with Gasteiger partial charge in [0.05, 0.1) is 0 Å². The maximum absolute atomic E-state index is 13.6. The second-order valence-corrected chi connectivity index (χ2v) is 6.47. The van der Waals surface area contributed by atoms with E-state index in [1.54, 1.807) is 0 Å². The third-order valence-electron chi connectivity index (χ3n) is 1.97. The predicted octanol–water partition coefficient (Wildman–Crippen LogP) is 3.42. The van der Waals surface area contributed by atoms with Crippen molar-refractivity contribution in [1.82, 2.24) is 0 Å². The molecular weight excluding hydrogens is 302 g/mol. The zero-order chi connectivity index (χ0) is 10.8. The van der Waals surface area contributed by atoms with Crippen LogP contribution in [-0.2, 0) is 11.4 Å². The first-order chi connectivity index (χ1) is 7.18. The molecule has 1 heterocycles. The summed E-state index contributed by atoms with van der Waals surface area (Å²) < 4.78 is 28.4. The van der Waals surface area contributed by atoms with Crippen molar-refractivity contribution in [1.29, 1.82) is 0 Å². The van der Waals surface area contributed by atoms with Crippen molar-refractivity contribution < 1.29 is 8.78 Å². The molecule has 0 spiro atoms. The maximum atomic E-state index is 13.6. The van der Waals surface area contributed by atoms with Crippen LogP contribution in [0.25, 0.3) is 0 Å². The minimum absolute atomic E-state index is 0.132. The van der Waals surface area contributed by atoms with Gasteiger partial charge >= 0.3 is 0 Å². The molecule has 0 unspecified atom stereocenters.